The van der Waals surface area contributed by atoms with Gasteiger partial charge in [0.2, 0.25) is 0 Å². The fourth-order valence-electron chi connectivity index (χ4n) is 2.47. The first-order chi connectivity index (χ1) is 13.0. The predicted molar refractivity (Wildman–Crippen MR) is 98.7 cm³/mol. The van der Waals surface area contributed by atoms with E-state index in [0.29, 0.717) is 17.3 Å². The lowest BCUT2D eigenvalue weighted by Crippen LogP contribution is -2.03. The lowest BCUT2D eigenvalue weighted by atomic mass is 10.2. The molecule has 0 unspecified atom stereocenters. The minimum Gasteiger partial charge on any atom is -0.457 e. The van der Waals surface area contributed by atoms with Crippen LogP contribution in [-0.4, -0.2) is 9.97 Å². The standard InChI is InChI=1S/C19H12F3N3OS/c20-19(21,22)12-1-5-14(6-2-12)26-15-7-3-13(4-8-15)25-18-17-16(9-10-27-17)23-11-24-18/h1-11H,(H,23,24,25). The summed E-state index contributed by atoms with van der Waals surface area (Å²) in [4.78, 5) is 8.45. The van der Waals surface area contributed by atoms with Crippen LogP contribution in [0.5, 0.6) is 11.5 Å². The molecule has 0 aliphatic carbocycles. The van der Waals surface area contributed by atoms with E-state index in [4.69, 9.17) is 4.74 Å². The first-order valence-electron chi connectivity index (χ1n) is 7.89. The third-order valence-corrected chi connectivity index (χ3v) is 4.69. The van der Waals surface area contributed by atoms with E-state index in [-0.39, 0.29) is 0 Å². The summed E-state index contributed by atoms with van der Waals surface area (Å²) in [5.41, 5.74) is 0.974. The molecule has 0 spiro atoms. The Morgan fingerprint density at radius 3 is 2.19 bits per heavy atom. The van der Waals surface area contributed by atoms with E-state index in [0.717, 1.165) is 28.0 Å². The van der Waals surface area contributed by atoms with Gasteiger partial charge < -0.3 is 10.1 Å². The number of ether oxygens (including phenoxy) is 1. The molecule has 2 aromatic carbocycles. The molecule has 0 aliphatic rings. The quantitative estimate of drug-likeness (QED) is 0.450. The van der Waals surface area contributed by atoms with Crippen molar-refractivity contribution in [3.63, 3.8) is 0 Å². The topological polar surface area (TPSA) is 47.0 Å². The highest BCUT2D eigenvalue weighted by atomic mass is 32.1. The van der Waals surface area contributed by atoms with E-state index < -0.39 is 11.7 Å². The minimum absolute atomic E-state index is 0.333. The summed E-state index contributed by atoms with van der Waals surface area (Å²) in [6.45, 7) is 0. The normalized spacial score (nSPS) is 11.5. The molecule has 2 heterocycles. The van der Waals surface area contributed by atoms with Crippen molar-refractivity contribution >= 4 is 33.1 Å². The van der Waals surface area contributed by atoms with Crippen LogP contribution in [0, 0.1) is 0 Å². The van der Waals surface area contributed by atoms with Crippen molar-refractivity contribution in [3.05, 3.63) is 71.9 Å². The second-order valence-corrected chi connectivity index (χ2v) is 6.55. The number of anilines is 2. The van der Waals surface area contributed by atoms with Crippen LogP contribution in [0.4, 0.5) is 24.7 Å². The Morgan fingerprint density at radius 1 is 0.852 bits per heavy atom. The summed E-state index contributed by atoms with van der Waals surface area (Å²) in [5.74, 6) is 1.57. The molecule has 2 aromatic heterocycles. The number of alkyl halides is 3. The first-order valence-corrected chi connectivity index (χ1v) is 8.77. The van der Waals surface area contributed by atoms with Crippen molar-refractivity contribution in [2.24, 2.45) is 0 Å². The first kappa shape index (κ1) is 17.3. The van der Waals surface area contributed by atoms with Crippen LogP contribution < -0.4 is 10.1 Å². The summed E-state index contributed by atoms with van der Waals surface area (Å²) in [6.07, 6.45) is -2.86. The highest BCUT2D eigenvalue weighted by Gasteiger charge is 2.30. The van der Waals surface area contributed by atoms with Gasteiger partial charge in [-0.15, -0.1) is 11.3 Å². The molecule has 4 nitrogen and oxygen atoms in total. The van der Waals surface area contributed by atoms with Gasteiger partial charge in [-0.25, -0.2) is 9.97 Å². The number of hydrogen-bond donors (Lipinski definition) is 1. The maximum atomic E-state index is 12.6. The summed E-state index contributed by atoms with van der Waals surface area (Å²) < 4.78 is 44.3. The Hall–Kier alpha value is -3.13. The molecule has 4 aromatic rings. The van der Waals surface area contributed by atoms with Crippen LogP contribution in [-0.2, 0) is 6.18 Å². The summed E-state index contributed by atoms with van der Waals surface area (Å²) in [6, 6.07) is 13.6. The molecule has 8 heteroatoms. The fourth-order valence-corrected chi connectivity index (χ4v) is 3.26. The van der Waals surface area contributed by atoms with Crippen molar-refractivity contribution < 1.29 is 17.9 Å². The molecular formula is C19H12F3N3OS. The van der Waals surface area contributed by atoms with Crippen LogP contribution in [0.3, 0.4) is 0 Å². The third-order valence-electron chi connectivity index (χ3n) is 3.78. The molecule has 136 valence electrons. The van der Waals surface area contributed by atoms with Crippen LogP contribution >= 0.6 is 11.3 Å². The van der Waals surface area contributed by atoms with Crippen LogP contribution in [0.2, 0.25) is 0 Å². The smallest absolute Gasteiger partial charge is 0.416 e. The molecular weight excluding hydrogens is 375 g/mol. The number of nitrogens with one attached hydrogen (secondary N) is 1. The van der Waals surface area contributed by atoms with Crippen molar-refractivity contribution in [1.29, 1.82) is 0 Å². The molecule has 1 N–H and O–H groups in total. The van der Waals surface area contributed by atoms with Gasteiger partial charge in [0.15, 0.2) is 5.82 Å². The van der Waals surface area contributed by atoms with Gasteiger partial charge in [0.05, 0.1) is 15.8 Å². The summed E-state index contributed by atoms with van der Waals surface area (Å²) >= 11 is 1.55. The number of thiophene rings is 1. The SMILES string of the molecule is FC(F)(F)c1ccc(Oc2ccc(Nc3ncnc4ccsc34)cc2)cc1. The van der Waals surface area contributed by atoms with Crippen molar-refractivity contribution in [2.75, 3.05) is 5.32 Å². The number of hydrogen-bond acceptors (Lipinski definition) is 5. The van der Waals surface area contributed by atoms with Gasteiger partial charge in [-0.2, -0.15) is 13.2 Å². The molecule has 27 heavy (non-hydrogen) atoms. The third kappa shape index (κ3) is 3.85. The van der Waals surface area contributed by atoms with Crippen molar-refractivity contribution in [1.82, 2.24) is 9.97 Å². The maximum absolute atomic E-state index is 12.6. The van der Waals surface area contributed by atoms with Crippen LogP contribution in [0.15, 0.2) is 66.3 Å². The predicted octanol–water partition coefficient (Wildman–Crippen LogP) is 6.25. The zero-order valence-electron chi connectivity index (χ0n) is 13.7. The Morgan fingerprint density at radius 2 is 1.52 bits per heavy atom. The molecule has 0 radical (unpaired) electrons. The number of rotatable bonds is 4. The average Bonchev–Trinajstić information content (AvgIpc) is 3.13. The lowest BCUT2D eigenvalue weighted by Gasteiger charge is -2.10. The van der Waals surface area contributed by atoms with Crippen LogP contribution in [0.1, 0.15) is 5.56 Å². The highest BCUT2D eigenvalue weighted by Crippen LogP contribution is 2.32. The van der Waals surface area contributed by atoms with Gasteiger partial charge >= 0.3 is 6.18 Å². The molecule has 0 fully saturated rings. The van der Waals surface area contributed by atoms with Crippen molar-refractivity contribution in [2.45, 2.75) is 6.18 Å². The Bertz CT molecular complexity index is 1060. The Kier molecular flexibility index (Phi) is 4.41. The number of halogens is 3. The number of nitrogens with zero attached hydrogens (tertiary/aromatic N) is 2. The van der Waals surface area contributed by atoms with E-state index >= 15 is 0 Å². The molecule has 0 saturated carbocycles. The second-order valence-electron chi connectivity index (χ2n) is 5.63. The summed E-state index contributed by atoms with van der Waals surface area (Å²) in [5, 5.41) is 5.18. The Balaban J connectivity index is 1.47. The highest BCUT2D eigenvalue weighted by molar-refractivity contribution is 7.17. The van der Waals surface area contributed by atoms with E-state index in [1.54, 1.807) is 35.6 Å². The second kappa shape index (κ2) is 6.88. The maximum Gasteiger partial charge on any atom is 0.416 e. The molecule has 0 amide bonds. The average molecular weight is 387 g/mol. The van der Waals surface area contributed by atoms with Gasteiger partial charge in [-0.05, 0) is 60.0 Å². The van der Waals surface area contributed by atoms with Crippen LogP contribution in [0.25, 0.3) is 10.2 Å². The van der Waals surface area contributed by atoms with Gasteiger partial charge in [0, 0.05) is 5.69 Å². The zero-order valence-corrected chi connectivity index (χ0v) is 14.5. The van der Waals surface area contributed by atoms with E-state index in [1.165, 1.54) is 18.5 Å². The minimum atomic E-state index is -4.36. The monoisotopic (exact) mass is 387 g/mol. The van der Waals surface area contributed by atoms with E-state index in [9.17, 15) is 13.2 Å². The summed E-state index contributed by atoms with van der Waals surface area (Å²) in [7, 11) is 0. The van der Waals surface area contributed by atoms with E-state index in [1.807, 2.05) is 11.4 Å². The zero-order chi connectivity index (χ0) is 18.9. The fraction of sp³-hybridized carbons (Fsp3) is 0.0526. The molecule has 0 bridgehead atoms. The number of aromatic nitrogens is 2. The van der Waals surface area contributed by atoms with Crippen molar-refractivity contribution in [3.8, 4) is 11.5 Å². The van der Waals surface area contributed by atoms with E-state index in [2.05, 4.69) is 15.3 Å². The lowest BCUT2D eigenvalue weighted by molar-refractivity contribution is -0.137. The number of benzene rings is 2. The molecule has 0 aliphatic heterocycles. The largest absolute Gasteiger partial charge is 0.457 e. The van der Waals surface area contributed by atoms with Gasteiger partial charge in [-0.3, -0.25) is 0 Å². The molecule has 0 saturated heterocycles. The molecule has 4 rings (SSSR count). The van der Waals surface area contributed by atoms with Gasteiger partial charge in [0.1, 0.15) is 17.8 Å². The number of fused-ring (bicyclic) bond motifs is 1. The Labute approximate surface area is 156 Å². The van der Waals surface area contributed by atoms with Gasteiger partial charge in [-0.1, -0.05) is 0 Å². The van der Waals surface area contributed by atoms with Gasteiger partial charge in [0.25, 0.3) is 0 Å². The molecule has 0 atom stereocenters.